The van der Waals surface area contributed by atoms with Gasteiger partial charge in [-0.15, -0.1) is 11.3 Å². The number of amides is 1. The van der Waals surface area contributed by atoms with E-state index >= 15 is 0 Å². The van der Waals surface area contributed by atoms with E-state index < -0.39 is 0 Å². The van der Waals surface area contributed by atoms with Gasteiger partial charge in [-0.3, -0.25) is 9.89 Å². The van der Waals surface area contributed by atoms with Gasteiger partial charge in [0, 0.05) is 41.0 Å². The van der Waals surface area contributed by atoms with Crippen molar-refractivity contribution in [2.24, 2.45) is 0 Å². The quantitative estimate of drug-likeness (QED) is 0.358. The number of halogens is 1. The largest absolute Gasteiger partial charge is 0.326 e. The molecule has 5 rings (SSSR count). The van der Waals surface area contributed by atoms with Gasteiger partial charge in [-0.2, -0.15) is 5.10 Å². The van der Waals surface area contributed by atoms with Gasteiger partial charge in [0.1, 0.15) is 12.1 Å². The first-order valence-electron chi connectivity index (χ1n) is 10.0. The van der Waals surface area contributed by atoms with Crippen LogP contribution in [0.2, 0.25) is 5.02 Å². The summed E-state index contributed by atoms with van der Waals surface area (Å²) in [4.78, 5) is 26.4. The van der Waals surface area contributed by atoms with Crippen LogP contribution >= 0.6 is 22.9 Å². The summed E-state index contributed by atoms with van der Waals surface area (Å²) in [6, 6.07) is 13.5. The first kappa shape index (κ1) is 21.0. The Hall–Kier alpha value is -3.82. The van der Waals surface area contributed by atoms with Crippen molar-refractivity contribution in [3.8, 4) is 21.1 Å². The van der Waals surface area contributed by atoms with Gasteiger partial charge in [-0.25, -0.2) is 15.0 Å². The smallest absolute Gasteiger partial charge is 0.222 e. The number of imidazole rings is 1. The summed E-state index contributed by atoms with van der Waals surface area (Å²) in [5.74, 6) is 1.01. The third-order valence-corrected chi connectivity index (χ3v) is 6.50. The Morgan fingerprint density at radius 2 is 2.00 bits per heavy atom. The van der Waals surface area contributed by atoms with Crippen molar-refractivity contribution in [1.82, 2.24) is 29.7 Å². The number of aromatic nitrogens is 6. The monoisotopic (exact) mass is 475 g/mol. The fourth-order valence-electron chi connectivity index (χ4n) is 3.66. The van der Waals surface area contributed by atoms with Gasteiger partial charge in [0.25, 0.3) is 0 Å². The summed E-state index contributed by atoms with van der Waals surface area (Å²) < 4.78 is 2.05. The zero-order valence-electron chi connectivity index (χ0n) is 17.4. The van der Waals surface area contributed by atoms with E-state index in [9.17, 15) is 4.79 Å². The molecular weight excluding hydrogens is 458 g/mol. The highest BCUT2D eigenvalue weighted by Gasteiger charge is 2.25. The second-order valence-corrected chi connectivity index (χ2v) is 8.79. The second-order valence-electron chi connectivity index (χ2n) is 7.30. The van der Waals surface area contributed by atoms with E-state index in [0.29, 0.717) is 16.7 Å². The molecule has 0 saturated carbocycles. The minimum absolute atomic E-state index is 0.161. The third kappa shape index (κ3) is 4.41. The lowest BCUT2D eigenvalue weighted by atomic mass is 9.97. The Bertz CT molecular complexity index is 1380. The molecule has 1 amide bonds. The van der Waals surface area contributed by atoms with E-state index in [2.05, 4.69) is 36.5 Å². The van der Waals surface area contributed by atoms with Crippen molar-refractivity contribution >= 4 is 34.7 Å². The van der Waals surface area contributed by atoms with Gasteiger partial charge >= 0.3 is 0 Å². The molecule has 4 heterocycles. The van der Waals surface area contributed by atoms with Crippen LogP contribution < -0.4 is 5.32 Å². The van der Waals surface area contributed by atoms with Crippen LogP contribution in [0.4, 0.5) is 5.82 Å². The minimum atomic E-state index is -0.170. The molecule has 0 fully saturated rings. The number of benzene rings is 1. The Labute approximate surface area is 198 Å². The average Bonchev–Trinajstić information content (AvgIpc) is 3.57. The van der Waals surface area contributed by atoms with Gasteiger partial charge in [-0.05, 0) is 41.5 Å². The fraction of sp³-hybridized carbons (Fsp3) is 0.0870. The molecule has 1 aromatic carbocycles. The van der Waals surface area contributed by atoms with E-state index in [4.69, 9.17) is 11.6 Å². The van der Waals surface area contributed by atoms with Crippen molar-refractivity contribution in [3.05, 3.63) is 89.9 Å². The number of carbonyl (C=O) groups excluding carboxylic acids is 1. The Morgan fingerprint density at radius 3 is 2.70 bits per heavy atom. The van der Waals surface area contributed by atoms with E-state index in [0.717, 1.165) is 26.4 Å². The van der Waals surface area contributed by atoms with E-state index in [1.54, 1.807) is 30.1 Å². The summed E-state index contributed by atoms with van der Waals surface area (Å²) in [5.41, 5.74) is 3.02. The number of hydrogen-bond acceptors (Lipinski definition) is 6. The molecule has 8 nitrogen and oxygen atoms in total. The lowest BCUT2D eigenvalue weighted by molar-refractivity contribution is -0.114. The van der Waals surface area contributed by atoms with Crippen molar-refractivity contribution in [3.63, 3.8) is 0 Å². The number of thiophene rings is 1. The van der Waals surface area contributed by atoms with Crippen LogP contribution in [0.25, 0.3) is 21.1 Å². The SMILES string of the molecule is CC(=O)Nc1cc(-c2cc(C(c3ccc(Cl)cc3)n3ccnc3)c(-c3ncn[nH]3)s2)ccn1. The number of pyridine rings is 1. The molecule has 10 heteroatoms. The maximum absolute atomic E-state index is 11.5. The number of hydrogen-bond donors (Lipinski definition) is 2. The van der Waals surface area contributed by atoms with Gasteiger partial charge in [0.05, 0.1) is 17.2 Å². The average molecular weight is 476 g/mol. The van der Waals surface area contributed by atoms with Crippen LogP contribution in [0, 0.1) is 0 Å². The lowest BCUT2D eigenvalue weighted by Crippen LogP contribution is -2.11. The van der Waals surface area contributed by atoms with Crippen LogP contribution in [-0.2, 0) is 4.79 Å². The number of nitrogens with zero attached hydrogens (tertiary/aromatic N) is 5. The highest BCUT2D eigenvalue weighted by Crippen LogP contribution is 2.43. The van der Waals surface area contributed by atoms with Crippen LogP contribution in [-0.4, -0.2) is 35.6 Å². The maximum Gasteiger partial charge on any atom is 0.222 e. The molecule has 0 aliphatic rings. The molecule has 0 radical (unpaired) electrons. The summed E-state index contributed by atoms with van der Waals surface area (Å²) >= 11 is 7.75. The highest BCUT2D eigenvalue weighted by molar-refractivity contribution is 7.19. The molecule has 0 aliphatic heterocycles. The first-order valence-corrected chi connectivity index (χ1v) is 11.2. The first-order chi connectivity index (χ1) is 16.1. The van der Waals surface area contributed by atoms with Crippen LogP contribution in [0.3, 0.4) is 0 Å². The molecule has 4 aromatic heterocycles. The van der Waals surface area contributed by atoms with Crippen molar-refractivity contribution in [2.45, 2.75) is 13.0 Å². The zero-order valence-corrected chi connectivity index (χ0v) is 19.0. The third-order valence-electron chi connectivity index (χ3n) is 5.04. The number of H-pyrrole nitrogens is 1. The Morgan fingerprint density at radius 1 is 1.15 bits per heavy atom. The standard InChI is InChI=1S/C23H18ClN7OS/c1-14(32)29-20-10-16(6-7-26-20)19-11-18(22(33-19)23-27-12-28-30-23)21(31-9-8-25-13-31)15-2-4-17(24)5-3-15/h2-13,21H,1H3,(H,26,29,32)(H,27,28,30). The predicted octanol–water partition coefficient (Wildman–Crippen LogP) is 5.04. The van der Waals surface area contributed by atoms with Crippen LogP contribution in [0.5, 0.6) is 0 Å². The molecule has 0 spiro atoms. The molecule has 0 saturated heterocycles. The summed E-state index contributed by atoms with van der Waals surface area (Å²) in [6.07, 6.45) is 8.66. The lowest BCUT2D eigenvalue weighted by Gasteiger charge is -2.19. The zero-order chi connectivity index (χ0) is 22.8. The molecule has 1 atom stereocenters. The minimum Gasteiger partial charge on any atom is -0.326 e. The van der Waals surface area contributed by atoms with Gasteiger partial charge < -0.3 is 9.88 Å². The number of rotatable bonds is 6. The fourth-order valence-corrected chi connectivity index (χ4v) is 4.92. The van der Waals surface area contributed by atoms with E-state index in [1.165, 1.54) is 13.3 Å². The molecule has 5 aromatic rings. The summed E-state index contributed by atoms with van der Waals surface area (Å²) in [5, 5.41) is 10.5. The van der Waals surface area contributed by atoms with Gasteiger partial charge in [0.15, 0.2) is 5.82 Å². The second kappa shape index (κ2) is 8.97. The number of carbonyl (C=O) groups is 1. The van der Waals surface area contributed by atoms with Crippen molar-refractivity contribution in [1.29, 1.82) is 0 Å². The maximum atomic E-state index is 11.5. The summed E-state index contributed by atoms with van der Waals surface area (Å²) in [6.45, 7) is 1.46. The number of anilines is 1. The summed E-state index contributed by atoms with van der Waals surface area (Å²) in [7, 11) is 0. The normalized spacial score (nSPS) is 11.9. The van der Waals surface area contributed by atoms with Crippen LogP contribution in [0.15, 0.2) is 73.7 Å². The van der Waals surface area contributed by atoms with E-state index in [1.807, 2.05) is 47.2 Å². The van der Waals surface area contributed by atoms with Crippen molar-refractivity contribution in [2.75, 3.05) is 5.32 Å². The van der Waals surface area contributed by atoms with Gasteiger partial charge in [0.2, 0.25) is 5.91 Å². The molecule has 2 N–H and O–H groups in total. The van der Waals surface area contributed by atoms with Crippen LogP contribution in [0.1, 0.15) is 24.1 Å². The number of aromatic amines is 1. The Balaban J connectivity index is 1.68. The molecule has 33 heavy (non-hydrogen) atoms. The molecule has 164 valence electrons. The predicted molar refractivity (Wildman–Crippen MR) is 128 cm³/mol. The molecular formula is C23H18ClN7OS. The van der Waals surface area contributed by atoms with Gasteiger partial charge in [-0.1, -0.05) is 23.7 Å². The molecule has 0 bridgehead atoms. The molecule has 1 unspecified atom stereocenters. The number of nitrogens with one attached hydrogen (secondary N) is 2. The molecule has 0 aliphatic carbocycles. The topological polar surface area (TPSA) is 101 Å². The van der Waals surface area contributed by atoms with E-state index in [-0.39, 0.29) is 11.9 Å². The van der Waals surface area contributed by atoms with Crippen molar-refractivity contribution < 1.29 is 4.79 Å². The Kier molecular flexibility index (Phi) is 5.72. The highest BCUT2D eigenvalue weighted by atomic mass is 35.5.